The maximum absolute atomic E-state index is 6.16. The van der Waals surface area contributed by atoms with Gasteiger partial charge in [-0.25, -0.2) is 0 Å². The van der Waals surface area contributed by atoms with Gasteiger partial charge in [0.15, 0.2) is 0 Å². The minimum Gasteiger partial charge on any atom is -0.488 e. The van der Waals surface area contributed by atoms with E-state index in [-0.39, 0.29) is 0 Å². The molecular weight excluding hydrogens is 289 g/mol. The highest BCUT2D eigenvalue weighted by molar-refractivity contribution is 7.10. The molecule has 1 aromatic heterocycles. The first-order valence-electron chi connectivity index (χ1n) is 5.49. The molecule has 0 saturated heterocycles. The lowest BCUT2D eigenvalue weighted by molar-refractivity contribution is 0.306. The highest BCUT2D eigenvalue weighted by Gasteiger charge is 2.09. The molecule has 0 aliphatic rings. The molecule has 0 spiro atoms. The van der Waals surface area contributed by atoms with E-state index >= 15 is 0 Å². The van der Waals surface area contributed by atoms with E-state index in [1.807, 2.05) is 36.7 Å². The fourth-order valence-electron chi connectivity index (χ4n) is 1.59. The number of nitrogens with one attached hydrogen (secondary N) is 1. The molecule has 0 atom stereocenters. The number of benzene rings is 1. The summed E-state index contributed by atoms with van der Waals surface area (Å²) in [7, 11) is 1.88. The first kappa shape index (κ1) is 13.7. The first-order valence-corrected chi connectivity index (χ1v) is 7.12. The molecule has 0 fully saturated rings. The van der Waals surface area contributed by atoms with Crippen molar-refractivity contribution in [3.63, 3.8) is 0 Å². The quantitative estimate of drug-likeness (QED) is 0.886. The number of rotatable bonds is 5. The van der Waals surface area contributed by atoms with Crippen molar-refractivity contribution in [1.82, 2.24) is 5.32 Å². The maximum Gasteiger partial charge on any atom is 0.125 e. The molecule has 0 aliphatic heterocycles. The van der Waals surface area contributed by atoms with Gasteiger partial charge in [-0.05, 0) is 30.6 Å². The van der Waals surface area contributed by atoms with E-state index in [0.29, 0.717) is 18.2 Å². The summed E-state index contributed by atoms with van der Waals surface area (Å²) in [5.41, 5.74) is 0.967. The van der Waals surface area contributed by atoms with Crippen LogP contribution in [0.1, 0.15) is 10.4 Å². The van der Waals surface area contributed by atoms with Crippen LogP contribution in [0, 0.1) is 0 Å². The summed E-state index contributed by atoms with van der Waals surface area (Å²) >= 11 is 13.8. The van der Waals surface area contributed by atoms with Crippen molar-refractivity contribution in [2.45, 2.75) is 13.2 Å². The molecule has 0 bridgehead atoms. The average molecular weight is 302 g/mol. The fourth-order valence-corrected chi connectivity index (χ4v) is 2.83. The standard InChI is InChI=1S/C13H13Cl2NOS/c1-16-7-9-10(14)3-2-4-12(9)17-8-13-11(15)5-6-18-13/h2-6,16H,7-8H2,1H3. The Hall–Kier alpha value is -0.740. The summed E-state index contributed by atoms with van der Waals surface area (Å²) in [6, 6.07) is 7.53. The van der Waals surface area contributed by atoms with Crippen molar-refractivity contribution in [3.8, 4) is 5.75 Å². The number of hydrogen-bond acceptors (Lipinski definition) is 3. The lowest BCUT2D eigenvalue weighted by Crippen LogP contribution is -2.08. The summed E-state index contributed by atoms with van der Waals surface area (Å²) in [6.45, 7) is 1.14. The van der Waals surface area contributed by atoms with E-state index in [0.717, 1.165) is 21.2 Å². The van der Waals surface area contributed by atoms with Crippen LogP contribution in [0.3, 0.4) is 0 Å². The third kappa shape index (κ3) is 3.18. The van der Waals surface area contributed by atoms with Gasteiger partial charge in [0.25, 0.3) is 0 Å². The van der Waals surface area contributed by atoms with Crippen LogP contribution in [0.25, 0.3) is 0 Å². The topological polar surface area (TPSA) is 21.3 Å². The second-order valence-electron chi connectivity index (χ2n) is 3.73. The normalized spacial score (nSPS) is 10.6. The van der Waals surface area contributed by atoms with Crippen LogP contribution in [0.15, 0.2) is 29.6 Å². The Bertz CT molecular complexity index is 527. The van der Waals surface area contributed by atoms with Crippen LogP contribution >= 0.6 is 34.5 Å². The summed E-state index contributed by atoms with van der Waals surface area (Å²) in [4.78, 5) is 1.02. The Labute approximate surface area is 120 Å². The van der Waals surface area contributed by atoms with Gasteiger partial charge < -0.3 is 10.1 Å². The Morgan fingerprint density at radius 1 is 1.22 bits per heavy atom. The SMILES string of the molecule is CNCc1c(Cl)cccc1OCc1sccc1Cl. The van der Waals surface area contributed by atoms with Gasteiger partial charge in [-0.2, -0.15) is 0 Å². The first-order chi connectivity index (χ1) is 8.72. The molecule has 2 nitrogen and oxygen atoms in total. The zero-order valence-corrected chi connectivity index (χ0v) is 12.2. The van der Waals surface area contributed by atoms with Crippen molar-refractivity contribution < 1.29 is 4.74 Å². The zero-order valence-electron chi connectivity index (χ0n) is 9.87. The molecule has 0 unspecified atom stereocenters. The second kappa shape index (κ2) is 6.43. The molecule has 0 aliphatic carbocycles. The minimum atomic E-state index is 0.466. The molecule has 1 N–H and O–H groups in total. The molecule has 18 heavy (non-hydrogen) atoms. The Morgan fingerprint density at radius 3 is 2.72 bits per heavy atom. The smallest absolute Gasteiger partial charge is 0.125 e. The van der Waals surface area contributed by atoms with Gasteiger partial charge in [0.1, 0.15) is 12.4 Å². The maximum atomic E-state index is 6.16. The van der Waals surface area contributed by atoms with Gasteiger partial charge in [-0.3, -0.25) is 0 Å². The van der Waals surface area contributed by atoms with E-state index in [1.165, 1.54) is 0 Å². The van der Waals surface area contributed by atoms with Gasteiger partial charge in [-0.15, -0.1) is 11.3 Å². The minimum absolute atomic E-state index is 0.466. The van der Waals surface area contributed by atoms with E-state index < -0.39 is 0 Å². The second-order valence-corrected chi connectivity index (χ2v) is 5.54. The van der Waals surface area contributed by atoms with Gasteiger partial charge in [0.05, 0.1) is 9.90 Å². The fraction of sp³-hybridized carbons (Fsp3) is 0.231. The molecule has 2 aromatic rings. The highest BCUT2D eigenvalue weighted by atomic mass is 35.5. The van der Waals surface area contributed by atoms with Crippen LogP contribution in [0.2, 0.25) is 10.0 Å². The average Bonchev–Trinajstić information content (AvgIpc) is 2.76. The predicted octanol–water partition coefficient (Wildman–Crippen LogP) is 4.35. The molecule has 1 aromatic carbocycles. The summed E-state index contributed by atoms with van der Waals surface area (Å²) in [6.07, 6.45) is 0. The molecule has 96 valence electrons. The van der Waals surface area contributed by atoms with Crippen molar-refractivity contribution in [2.24, 2.45) is 0 Å². The van der Waals surface area contributed by atoms with E-state index in [1.54, 1.807) is 11.3 Å². The Balaban J connectivity index is 2.14. The van der Waals surface area contributed by atoms with E-state index in [4.69, 9.17) is 27.9 Å². The van der Waals surface area contributed by atoms with Crippen LogP contribution < -0.4 is 10.1 Å². The Kier molecular flexibility index (Phi) is 4.89. The lowest BCUT2D eigenvalue weighted by atomic mass is 10.2. The van der Waals surface area contributed by atoms with Gasteiger partial charge in [0, 0.05) is 17.1 Å². The number of halogens is 2. The van der Waals surface area contributed by atoms with E-state index in [9.17, 15) is 0 Å². The van der Waals surface area contributed by atoms with Gasteiger partial charge in [0.2, 0.25) is 0 Å². The molecule has 2 rings (SSSR count). The predicted molar refractivity (Wildman–Crippen MR) is 77.9 cm³/mol. The molecule has 0 radical (unpaired) electrons. The number of hydrogen-bond donors (Lipinski definition) is 1. The molecule has 5 heteroatoms. The van der Waals surface area contributed by atoms with Crippen molar-refractivity contribution >= 4 is 34.5 Å². The summed E-state index contributed by atoms with van der Waals surface area (Å²) in [5, 5.41) is 6.49. The highest BCUT2D eigenvalue weighted by Crippen LogP contribution is 2.29. The van der Waals surface area contributed by atoms with Crippen LogP contribution in [0.4, 0.5) is 0 Å². The molecule has 1 heterocycles. The van der Waals surface area contributed by atoms with Crippen LogP contribution in [-0.4, -0.2) is 7.05 Å². The molecular formula is C13H13Cl2NOS. The molecule has 0 saturated carbocycles. The molecule has 0 amide bonds. The van der Waals surface area contributed by atoms with Gasteiger partial charge in [-0.1, -0.05) is 29.3 Å². The monoisotopic (exact) mass is 301 g/mol. The van der Waals surface area contributed by atoms with Crippen molar-refractivity contribution in [3.05, 3.63) is 50.1 Å². The van der Waals surface area contributed by atoms with Crippen LogP contribution in [0.5, 0.6) is 5.75 Å². The number of thiophene rings is 1. The van der Waals surface area contributed by atoms with Gasteiger partial charge >= 0.3 is 0 Å². The van der Waals surface area contributed by atoms with Crippen molar-refractivity contribution in [2.75, 3.05) is 7.05 Å². The van der Waals surface area contributed by atoms with Crippen LogP contribution in [-0.2, 0) is 13.2 Å². The zero-order chi connectivity index (χ0) is 13.0. The summed E-state index contributed by atoms with van der Waals surface area (Å²) in [5.74, 6) is 0.793. The largest absolute Gasteiger partial charge is 0.488 e. The third-order valence-electron chi connectivity index (χ3n) is 2.48. The van der Waals surface area contributed by atoms with E-state index in [2.05, 4.69) is 5.32 Å². The lowest BCUT2D eigenvalue weighted by Gasteiger charge is -2.12. The Morgan fingerprint density at radius 2 is 2.06 bits per heavy atom. The summed E-state index contributed by atoms with van der Waals surface area (Å²) < 4.78 is 5.80. The third-order valence-corrected chi connectivity index (χ3v) is 4.19. The van der Waals surface area contributed by atoms with Crippen molar-refractivity contribution in [1.29, 1.82) is 0 Å². The number of ether oxygens (including phenoxy) is 1.